The van der Waals surface area contributed by atoms with Crippen molar-refractivity contribution in [1.82, 2.24) is 5.32 Å². The van der Waals surface area contributed by atoms with E-state index in [1.165, 1.54) is 6.92 Å². The third kappa shape index (κ3) is 3.03. The molecule has 0 aliphatic carbocycles. The Morgan fingerprint density at radius 1 is 1.18 bits per heavy atom. The monoisotopic (exact) mass is 230 g/mol. The number of rotatable bonds is 4. The first-order valence-corrected chi connectivity index (χ1v) is 5.54. The fraction of sp³-hybridized carbons (Fsp3) is 0.286. The third-order valence-electron chi connectivity index (χ3n) is 2.63. The SMILES string of the molecule is CN=C(C(C)=O)/C(NC)=C(\C)c1ccccc1. The zero-order valence-electron chi connectivity index (χ0n) is 10.7. The van der Waals surface area contributed by atoms with Gasteiger partial charge in [-0.2, -0.15) is 0 Å². The minimum absolute atomic E-state index is 0.0351. The summed E-state index contributed by atoms with van der Waals surface area (Å²) in [4.78, 5) is 15.6. The molecule has 1 aromatic carbocycles. The molecule has 0 aromatic heterocycles. The lowest BCUT2D eigenvalue weighted by Crippen LogP contribution is -2.23. The molecule has 1 N–H and O–H groups in total. The van der Waals surface area contributed by atoms with Crippen LogP contribution in [-0.4, -0.2) is 25.6 Å². The van der Waals surface area contributed by atoms with Gasteiger partial charge in [0.05, 0.1) is 5.70 Å². The van der Waals surface area contributed by atoms with E-state index in [-0.39, 0.29) is 5.78 Å². The van der Waals surface area contributed by atoms with Crippen molar-refractivity contribution in [2.75, 3.05) is 14.1 Å². The molecule has 0 radical (unpaired) electrons. The van der Waals surface area contributed by atoms with Gasteiger partial charge in [0, 0.05) is 21.0 Å². The molecule has 0 fully saturated rings. The molecule has 0 aliphatic rings. The standard InChI is InChI=1S/C14H18N2O/c1-10(12-8-6-5-7-9-12)13(15-3)14(16-4)11(2)17/h5-9,15H,1-4H3/b13-10-,16-14?. The van der Waals surface area contributed by atoms with Gasteiger partial charge in [-0.15, -0.1) is 0 Å². The molecule has 0 amide bonds. The third-order valence-corrected chi connectivity index (χ3v) is 2.63. The van der Waals surface area contributed by atoms with Gasteiger partial charge in [0.25, 0.3) is 0 Å². The summed E-state index contributed by atoms with van der Waals surface area (Å²) in [5, 5.41) is 3.06. The highest BCUT2D eigenvalue weighted by atomic mass is 16.1. The van der Waals surface area contributed by atoms with E-state index in [1.807, 2.05) is 37.3 Å². The fourth-order valence-corrected chi connectivity index (χ4v) is 1.76. The van der Waals surface area contributed by atoms with Gasteiger partial charge < -0.3 is 5.32 Å². The lowest BCUT2D eigenvalue weighted by molar-refractivity contribution is -0.111. The number of allylic oxidation sites excluding steroid dienone is 2. The summed E-state index contributed by atoms with van der Waals surface area (Å²) >= 11 is 0. The van der Waals surface area contributed by atoms with Crippen LogP contribution in [0.15, 0.2) is 41.0 Å². The van der Waals surface area contributed by atoms with Crippen molar-refractivity contribution in [3.63, 3.8) is 0 Å². The summed E-state index contributed by atoms with van der Waals surface area (Å²) in [6, 6.07) is 9.95. The van der Waals surface area contributed by atoms with E-state index in [9.17, 15) is 4.79 Å². The van der Waals surface area contributed by atoms with Crippen LogP contribution in [0.1, 0.15) is 19.4 Å². The number of hydrogen-bond acceptors (Lipinski definition) is 3. The maximum atomic E-state index is 11.5. The smallest absolute Gasteiger partial charge is 0.179 e. The molecule has 0 bridgehead atoms. The Kier molecular flexibility index (Phi) is 4.64. The molecular weight excluding hydrogens is 212 g/mol. The predicted molar refractivity (Wildman–Crippen MR) is 72.1 cm³/mol. The second kappa shape index (κ2) is 5.99. The van der Waals surface area contributed by atoms with Crippen LogP contribution in [-0.2, 0) is 4.79 Å². The summed E-state index contributed by atoms with van der Waals surface area (Å²) in [6.07, 6.45) is 0. The topological polar surface area (TPSA) is 41.5 Å². The van der Waals surface area contributed by atoms with Crippen molar-refractivity contribution in [1.29, 1.82) is 0 Å². The molecule has 0 spiro atoms. The minimum Gasteiger partial charge on any atom is -0.386 e. The molecule has 3 nitrogen and oxygen atoms in total. The number of nitrogens with zero attached hydrogens (tertiary/aromatic N) is 1. The molecule has 0 saturated heterocycles. The molecular formula is C14H18N2O. The Morgan fingerprint density at radius 3 is 2.18 bits per heavy atom. The van der Waals surface area contributed by atoms with Crippen molar-refractivity contribution in [2.24, 2.45) is 4.99 Å². The molecule has 0 atom stereocenters. The highest BCUT2D eigenvalue weighted by molar-refractivity contribution is 6.46. The van der Waals surface area contributed by atoms with E-state index >= 15 is 0 Å². The average Bonchev–Trinajstić information content (AvgIpc) is 2.35. The number of carbonyl (C=O) groups excluding carboxylic acids is 1. The Bertz CT molecular complexity index is 458. The van der Waals surface area contributed by atoms with Gasteiger partial charge in [0.2, 0.25) is 0 Å². The first-order valence-electron chi connectivity index (χ1n) is 5.54. The summed E-state index contributed by atoms with van der Waals surface area (Å²) < 4.78 is 0. The van der Waals surface area contributed by atoms with Gasteiger partial charge in [0.1, 0.15) is 5.71 Å². The Hall–Kier alpha value is -1.90. The Balaban J connectivity index is 3.29. The van der Waals surface area contributed by atoms with Crippen LogP contribution in [0.25, 0.3) is 5.57 Å². The molecule has 0 saturated carbocycles. The molecule has 0 unspecified atom stereocenters. The average molecular weight is 230 g/mol. The minimum atomic E-state index is -0.0351. The van der Waals surface area contributed by atoms with Crippen LogP contribution in [0.2, 0.25) is 0 Å². The first-order chi connectivity index (χ1) is 8.11. The van der Waals surface area contributed by atoms with Crippen LogP contribution < -0.4 is 5.32 Å². The van der Waals surface area contributed by atoms with E-state index in [0.29, 0.717) is 5.71 Å². The number of Topliss-reactive ketones (excluding diaryl/α,β-unsaturated/α-hetero) is 1. The molecule has 90 valence electrons. The molecule has 0 heterocycles. The van der Waals surface area contributed by atoms with Crippen molar-refractivity contribution < 1.29 is 4.79 Å². The van der Waals surface area contributed by atoms with Crippen molar-refractivity contribution in [3.8, 4) is 0 Å². The number of benzene rings is 1. The van der Waals surface area contributed by atoms with Gasteiger partial charge in [-0.25, -0.2) is 0 Å². The second-order valence-electron chi connectivity index (χ2n) is 3.74. The normalized spacial score (nSPS) is 13.1. The molecule has 17 heavy (non-hydrogen) atoms. The van der Waals surface area contributed by atoms with Gasteiger partial charge in [-0.3, -0.25) is 9.79 Å². The van der Waals surface area contributed by atoms with Gasteiger partial charge >= 0.3 is 0 Å². The van der Waals surface area contributed by atoms with Crippen molar-refractivity contribution >= 4 is 17.1 Å². The molecule has 0 aliphatic heterocycles. The van der Waals surface area contributed by atoms with Crippen molar-refractivity contribution in [3.05, 3.63) is 41.6 Å². The van der Waals surface area contributed by atoms with Gasteiger partial charge in [-0.1, -0.05) is 30.3 Å². The summed E-state index contributed by atoms with van der Waals surface area (Å²) in [5.41, 5.74) is 3.36. The lowest BCUT2D eigenvalue weighted by atomic mass is 10.0. The van der Waals surface area contributed by atoms with Gasteiger partial charge in [-0.05, 0) is 18.1 Å². The van der Waals surface area contributed by atoms with E-state index in [1.54, 1.807) is 14.1 Å². The van der Waals surface area contributed by atoms with E-state index < -0.39 is 0 Å². The number of aliphatic imine (C=N–C) groups is 1. The number of ketones is 1. The van der Waals surface area contributed by atoms with Gasteiger partial charge in [0.15, 0.2) is 5.78 Å². The van der Waals surface area contributed by atoms with Crippen LogP contribution in [0.4, 0.5) is 0 Å². The van der Waals surface area contributed by atoms with Crippen LogP contribution in [0, 0.1) is 0 Å². The van der Waals surface area contributed by atoms with Crippen molar-refractivity contribution in [2.45, 2.75) is 13.8 Å². The molecule has 1 rings (SSSR count). The number of nitrogens with one attached hydrogen (secondary N) is 1. The molecule has 3 heteroatoms. The number of carbonyl (C=O) groups is 1. The fourth-order valence-electron chi connectivity index (χ4n) is 1.76. The molecule has 1 aromatic rings. The zero-order chi connectivity index (χ0) is 12.8. The maximum Gasteiger partial charge on any atom is 0.179 e. The lowest BCUT2D eigenvalue weighted by Gasteiger charge is -2.12. The number of hydrogen-bond donors (Lipinski definition) is 1. The highest BCUT2D eigenvalue weighted by Gasteiger charge is 2.13. The zero-order valence-corrected chi connectivity index (χ0v) is 10.7. The summed E-state index contributed by atoms with van der Waals surface area (Å²) in [7, 11) is 3.43. The largest absolute Gasteiger partial charge is 0.386 e. The quantitative estimate of drug-likeness (QED) is 0.806. The highest BCUT2D eigenvalue weighted by Crippen LogP contribution is 2.17. The predicted octanol–water partition coefficient (Wildman–Crippen LogP) is 2.30. The van der Waals surface area contributed by atoms with Crippen LogP contribution in [0.3, 0.4) is 0 Å². The van der Waals surface area contributed by atoms with E-state index in [4.69, 9.17) is 0 Å². The van der Waals surface area contributed by atoms with Crippen LogP contribution >= 0.6 is 0 Å². The summed E-state index contributed by atoms with van der Waals surface area (Å²) in [6.45, 7) is 3.51. The second-order valence-corrected chi connectivity index (χ2v) is 3.74. The van der Waals surface area contributed by atoms with Crippen LogP contribution in [0.5, 0.6) is 0 Å². The maximum absolute atomic E-state index is 11.5. The Morgan fingerprint density at radius 2 is 1.76 bits per heavy atom. The van der Waals surface area contributed by atoms with E-state index in [2.05, 4.69) is 10.3 Å². The first kappa shape index (κ1) is 13.2. The Labute approximate surface area is 102 Å². The summed E-state index contributed by atoms with van der Waals surface area (Å²) in [5.74, 6) is -0.0351. The van der Waals surface area contributed by atoms with E-state index in [0.717, 1.165) is 16.8 Å².